The maximum absolute atomic E-state index is 15.1. The molecule has 1 amide bonds. The van der Waals surface area contributed by atoms with Gasteiger partial charge in [-0.1, -0.05) is 0 Å². The number of carbonyl (C=O) groups is 1. The summed E-state index contributed by atoms with van der Waals surface area (Å²) in [6.45, 7) is 1.93. The predicted octanol–water partition coefficient (Wildman–Crippen LogP) is 6.79. The SMILES string of the molecule is O=C1N=C(N2CCCC2)S/C1=C\c1ccc(-c2cc(F)c(O)c(C34CC5CC(CC(C5)C3)C4)c2)s1. The number of hydrogen-bond donors (Lipinski definition) is 1. The number of likely N-dealkylation sites (tertiary alicyclic amines) is 1. The minimum Gasteiger partial charge on any atom is -0.505 e. The van der Waals surface area contributed by atoms with Gasteiger partial charge in [0.25, 0.3) is 5.91 Å². The molecule has 1 aromatic carbocycles. The van der Waals surface area contributed by atoms with Gasteiger partial charge in [0, 0.05) is 28.4 Å². The zero-order valence-corrected chi connectivity index (χ0v) is 21.3. The summed E-state index contributed by atoms with van der Waals surface area (Å²) in [6, 6.07) is 7.51. The number of rotatable bonds is 3. The van der Waals surface area contributed by atoms with Crippen molar-refractivity contribution in [3.8, 4) is 16.2 Å². The topological polar surface area (TPSA) is 52.9 Å². The van der Waals surface area contributed by atoms with E-state index in [0.717, 1.165) is 89.0 Å². The molecule has 0 spiro atoms. The van der Waals surface area contributed by atoms with E-state index in [4.69, 9.17) is 0 Å². The molecule has 35 heavy (non-hydrogen) atoms. The van der Waals surface area contributed by atoms with Crippen LogP contribution >= 0.6 is 23.1 Å². The highest BCUT2D eigenvalue weighted by Crippen LogP contribution is 2.62. The molecular formula is C28H29FN2O2S2. The van der Waals surface area contributed by atoms with Gasteiger partial charge in [0.15, 0.2) is 16.7 Å². The Hall–Kier alpha value is -2.12. The first-order valence-corrected chi connectivity index (χ1v) is 14.5. The maximum atomic E-state index is 15.1. The van der Waals surface area contributed by atoms with Gasteiger partial charge in [-0.2, -0.15) is 4.99 Å². The van der Waals surface area contributed by atoms with Gasteiger partial charge in [0.05, 0.1) is 4.91 Å². The van der Waals surface area contributed by atoms with Crippen molar-refractivity contribution in [2.24, 2.45) is 22.7 Å². The number of aliphatic imine (C=N–C) groups is 1. The molecule has 0 unspecified atom stereocenters. The molecule has 7 heteroatoms. The molecule has 0 atom stereocenters. The molecule has 3 heterocycles. The van der Waals surface area contributed by atoms with Crippen LogP contribution in [0.4, 0.5) is 4.39 Å². The second-order valence-corrected chi connectivity index (χ2v) is 13.4. The molecule has 4 saturated carbocycles. The average molecular weight is 509 g/mol. The lowest BCUT2D eigenvalue weighted by Gasteiger charge is -2.57. The van der Waals surface area contributed by atoms with Crippen LogP contribution in [-0.4, -0.2) is 34.2 Å². The maximum Gasteiger partial charge on any atom is 0.286 e. The first-order valence-electron chi connectivity index (χ1n) is 12.9. The van der Waals surface area contributed by atoms with E-state index in [2.05, 4.69) is 16.0 Å². The average Bonchev–Trinajstić information content (AvgIpc) is 3.57. The first-order chi connectivity index (χ1) is 17.0. The van der Waals surface area contributed by atoms with Crippen LogP contribution in [-0.2, 0) is 10.2 Å². The van der Waals surface area contributed by atoms with E-state index < -0.39 is 5.82 Å². The Kier molecular flexibility index (Phi) is 5.18. The highest BCUT2D eigenvalue weighted by Gasteiger charge is 2.52. The Bertz CT molecular complexity index is 1240. The summed E-state index contributed by atoms with van der Waals surface area (Å²) in [5.74, 6) is 1.33. The Morgan fingerprint density at radius 3 is 2.43 bits per heavy atom. The number of phenols is 1. The van der Waals surface area contributed by atoms with Crippen molar-refractivity contribution >= 4 is 40.2 Å². The van der Waals surface area contributed by atoms with E-state index in [0.29, 0.717) is 4.91 Å². The Morgan fingerprint density at radius 1 is 1.06 bits per heavy atom. The highest BCUT2D eigenvalue weighted by molar-refractivity contribution is 8.18. The highest BCUT2D eigenvalue weighted by atomic mass is 32.2. The van der Waals surface area contributed by atoms with Crippen LogP contribution in [0.3, 0.4) is 0 Å². The third-order valence-corrected chi connectivity index (χ3v) is 11.0. The van der Waals surface area contributed by atoms with E-state index in [1.807, 2.05) is 18.2 Å². The molecule has 4 nitrogen and oxygen atoms in total. The first kappa shape index (κ1) is 22.1. The van der Waals surface area contributed by atoms with Crippen molar-refractivity contribution in [1.29, 1.82) is 0 Å². The smallest absolute Gasteiger partial charge is 0.286 e. The summed E-state index contributed by atoms with van der Waals surface area (Å²) in [5.41, 5.74) is 1.57. The van der Waals surface area contributed by atoms with Crippen molar-refractivity contribution < 1.29 is 14.3 Å². The van der Waals surface area contributed by atoms with Crippen LogP contribution in [0.25, 0.3) is 16.5 Å². The molecule has 1 aromatic heterocycles. The third-order valence-electron chi connectivity index (χ3n) is 8.84. The number of nitrogens with zero attached hydrogens (tertiary/aromatic N) is 2. The fourth-order valence-corrected chi connectivity index (χ4v) is 9.71. The lowest BCUT2D eigenvalue weighted by molar-refractivity contribution is -0.113. The lowest BCUT2D eigenvalue weighted by atomic mass is 9.48. The molecular weight excluding hydrogens is 479 g/mol. The van der Waals surface area contributed by atoms with E-state index in [9.17, 15) is 9.90 Å². The lowest BCUT2D eigenvalue weighted by Crippen LogP contribution is -2.48. The summed E-state index contributed by atoms with van der Waals surface area (Å²) in [7, 11) is 0. The van der Waals surface area contributed by atoms with Crippen molar-refractivity contribution in [2.45, 2.75) is 56.8 Å². The number of thiophene rings is 1. The van der Waals surface area contributed by atoms with Gasteiger partial charge in [0.1, 0.15) is 0 Å². The number of amides is 1. The second kappa shape index (κ2) is 8.20. The number of amidine groups is 1. The van der Waals surface area contributed by atoms with E-state index >= 15 is 4.39 Å². The molecule has 0 radical (unpaired) electrons. The quantitative estimate of drug-likeness (QED) is 0.464. The van der Waals surface area contributed by atoms with Gasteiger partial charge in [-0.05, 0) is 122 Å². The van der Waals surface area contributed by atoms with Gasteiger partial charge in [-0.3, -0.25) is 4.79 Å². The van der Waals surface area contributed by atoms with Crippen molar-refractivity contribution in [2.75, 3.05) is 13.1 Å². The zero-order valence-electron chi connectivity index (χ0n) is 19.6. The molecule has 8 rings (SSSR count). The molecule has 4 bridgehead atoms. The number of halogens is 1. The summed E-state index contributed by atoms with van der Waals surface area (Å²) >= 11 is 3.01. The molecule has 2 aromatic rings. The van der Waals surface area contributed by atoms with Crippen LogP contribution in [0.1, 0.15) is 61.8 Å². The number of phenolic OH excluding ortho intramolecular Hbond substituents is 1. The molecule has 1 N–H and O–H groups in total. The van der Waals surface area contributed by atoms with Crippen LogP contribution < -0.4 is 0 Å². The molecule has 5 fully saturated rings. The van der Waals surface area contributed by atoms with E-state index in [-0.39, 0.29) is 17.1 Å². The van der Waals surface area contributed by atoms with Crippen molar-refractivity contribution in [1.82, 2.24) is 4.90 Å². The normalized spacial score (nSPS) is 32.8. The standard InChI is InChI=1S/C28H29FN2O2S2/c29-22-11-19(10-21(25(22)32)28-13-16-7-17(14-28)9-18(8-16)15-28)23-4-3-20(34-23)12-24-26(33)30-27(35-24)31-5-1-2-6-31/h3-4,10-12,16-18,32H,1-2,5-9,13-15H2/b24-12-. The second-order valence-electron chi connectivity index (χ2n) is 11.3. The predicted molar refractivity (Wildman–Crippen MR) is 140 cm³/mol. The fourth-order valence-electron chi connectivity index (χ4n) is 7.74. The van der Waals surface area contributed by atoms with Crippen molar-refractivity contribution in [3.63, 3.8) is 0 Å². The monoisotopic (exact) mass is 508 g/mol. The number of benzene rings is 1. The molecule has 4 aliphatic carbocycles. The minimum atomic E-state index is -0.522. The summed E-state index contributed by atoms with van der Waals surface area (Å²) in [6.07, 6.45) is 11.4. The summed E-state index contributed by atoms with van der Waals surface area (Å²) in [4.78, 5) is 21.5. The van der Waals surface area contributed by atoms with Gasteiger partial charge < -0.3 is 10.0 Å². The van der Waals surface area contributed by atoms with Gasteiger partial charge in [-0.25, -0.2) is 4.39 Å². The zero-order chi connectivity index (χ0) is 23.7. The molecule has 6 aliphatic rings. The van der Waals surface area contributed by atoms with Gasteiger partial charge in [-0.15, -0.1) is 11.3 Å². The Balaban J connectivity index is 1.18. The Labute approximate surface area is 213 Å². The van der Waals surface area contributed by atoms with Gasteiger partial charge in [0.2, 0.25) is 0 Å². The fraction of sp³-hybridized carbons (Fsp3) is 0.500. The van der Waals surface area contributed by atoms with Crippen LogP contribution in [0.5, 0.6) is 5.75 Å². The number of thioether (sulfide) groups is 1. The van der Waals surface area contributed by atoms with Crippen molar-refractivity contribution in [3.05, 3.63) is 45.4 Å². The van der Waals surface area contributed by atoms with Crippen LogP contribution in [0, 0.1) is 23.6 Å². The van der Waals surface area contributed by atoms with Crippen LogP contribution in [0.2, 0.25) is 0 Å². The third kappa shape index (κ3) is 3.77. The Morgan fingerprint density at radius 2 is 1.74 bits per heavy atom. The minimum absolute atomic E-state index is 0.0754. The number of hydrogen-bond acceptors (Lipinski definition) is 5. The number of aromatic hydroxyl groups is 1. The number of carbonyl (C=O) groups excluding carboxylic acids is 1. The van der Waals surface area contributed by atoms with E-state index in [1.165, 1.54) is 37.1 Å². The summed E-state index contributed by atoms with van der Waals surface area (Å²) in [5, 5.41) is 11.6. The summed E-state index contributed by atoms with van der Waals surface area (Å²) < 4.78 is 15.1. The van der Waals surface area contributed by atoms with E-state index in [1.54, 1.807) is 11.3 Å². The van der Waals surface area contributed by atoms with Gasteiger partial charge >= 0.3 is 0 Å². The molecule has 2 aliphatic heterocycles. The molecule has 182 valence electrons. The van der Waals surface area contributed by atoms with Crippen LogP contribution in [0.15, 0.2) is 34.2 Å². The molecule has 1 saturated heterocycles. The largest absolute Gasteiger partial charge is 0.505 e.